The van der Waals surface area contributed by atoms with Gasteiger partial charge in [-0.2, -0.15) is 5.10 Å². The van der Waals surface area contributed by atoms with Crippen LogP contribution in [0.3, 0.4) is 0 Å². The lowest BCUT2D eigenvalue weighted by atomic mass is 9.94. The predicted octanol–water partition coefficient (Wildman–Crippen LogP) is 0.754. The van der Waals surface area contributed by atoms with Gasteiger partial charge in [0.1, 0.15) is 0 Å². The molecule has 0 saturated carbocycles. The SMILES string of the molecule is CC1CN(C)CCC1Nc1nn(C)cc1N. The fraction of sp³-hybridized carbons (Fsp3) is 0.727. The van der Waals surface area contributed by atoms with E-state index in [0.29, 0.717) is 12.0 Å². The molecule has 1 aliphatic heterocycles. The number of likely N-dealkylation sites (tertiary alicyclic amines) is 1. The summed E-state index contributed by atoms with van der Waals surface area (Å²) in [6, 6.07) is 0.480. The van der Waals surface area contributed by atoms with Gasteiger partial charge in [0.2, 0.25) is 0 Å². The largest absolute Gasteiger partial charge is 0.394 e. The summed E-state index contributed by atoms with van der Waals surface area (Å²) < 4.78 is 1.75. The fourth-order valence-corrected chi connectivity index (χ4v) is 2.36. The van der Waals surface area contributed by atoms with Crippen molar-refractivity contribution in [2.24, 2.45) is 13.0 Å². The van der Waals surface area contributed by atoms with Gasteiger partial charge in [-0.3, -0.25) is 4.68 Å². The van der Waals surface area contributed by atoms with Crippen LogP contribution in [-0.2, 0) is 7.05 Å². The molecule has 1 aliphatic rings. The Hall–Kier alpha value is -1.23. The molecule has 90 valence electrons. The highest BCUT2D eigenvalue weighted by molar-refractivity contribution is 5.60. The second-order valence-electron chi connectivity index (χ2n) is 4.89. The minimum Gasteiger partial charge on any atom is -0.394 e. The van der Waals surface area contributed by atoms with Crippen molar-refractivity contribution in [2.75, 3.05) is 31.2 Å². The average molecular weight is 223 g/mol. The number of aromatic nitrogens is 2. The van der Waals surface area contributed by atoms with Crippen LogP contribution in [0.15, 0.2) is 6.20 Å². The van der Waals surface area contributed by atoms with Crippen LogP contribution in [0, 0.1) is 5.92 Å². The van der Waals surface area contributed by atoms with Crippen LogP contribution in [0.25, 0.3) is 0 Å². The molecule has 0 bridgehead atoms. The molecule has 1 aromatic heterocycles. The second kappa shape index (κ2) is 4.33. The van der Waals surface area contributed by atoms with Crippen molar-refractivity contribution >= 4 is 11.5 Å². The monoisotopic (exact) mass is 223 g/mol. The molecule has 2 unspecified atom stereocenters. The van der Waals surface area contributed by atoms with E-state index in [0.717, 1.165) is 31.0 Å². The summed E-state index contributed by atoms with van der Waals surface area (Å²) in [6.07, 6.45) is 2.98. The Kier molecular flexibility index (Phi) is 3.05. The number of hydrogen-bond donors (Lipinski definition) is 2. The van der Waals surface area contributed by atoms with Gasteiger partial charge in [-0.05, 0) is 25.9 Å². The van der Waals surface area contributed by atoms with Crippen LogP contribution in [-0.4, -0.2) is 40.9 Å². The van der Waals surface area contributed by atoms with Gasteiger partial charge in [-0.1, -0.05) is 6.92 Å². The number of nitrogens with two attached hydrogens (primary N) is 1. The number of hydrogen-bond acceptors (Lipinski definition) is 4. The summed E-state index contributed by atoms with van der Waals surface area (Å²) in [4.78, 5) is 2.37. The van der Waals surface area contributed by atoms with Gasteiger partial charge in [0.05, 0.1) is 5.69 Å². The molecule has 16 heavy (non-hydrogen) atoms. The molecule has 0 aliphatic carbocycles. The van der Waals surface area contributed by atoms with Crippen molar-refractivity contribution < 1.29 is 0 Å². The Balaban J connectivity index is 2.02. The van der Waals surface area contributed by atoms with Crippen molar-refractivity contribution in [2.45, 2.75) is 19.4 Å². The minimum atomic E-state index is 0.480. The second-order valence-corrected chi connectivity index (χ2v) is 4.89. The van der Waals surface area contributed by atoms with Gasteiger partial charge in [-0.15, -0.1) is 0 Å². The van der Waals surface area contributed by atoms with E-state index in [1.54, 1.807) is 4.68 Å². The Labute approximate surface area is 96.6 Å². The van der Waals surface area contributed by atoms with E-state index in [1.165, 1.54) is 0 Å². The average Bonchev–Trinajstić information content (AvgIpc) is 2.50. The number of nitrogen functional groups attached to an aromatic ring is 1. The van der Waals surface area contributed by atoms with Crippen molar-refractivity contribution in [3.8, 4) is 0 Å². The molecule has 0 amide bonds. The van der Waals surface area contributed by atoms with Crippen LogP contribution in [0.1, 0.15) is 13.3 Å². The molecule has 1 saturated heterocycles. The smallest absolute Gasteiger partial charge is 0.171 e. The highest BCUT2D eigenvalue weighted by Gasteiger charge is 2.25. The molecule has 3 N–H and O–H groups in total. The van der Waals surface area contributed by atoms with Gasteiger partial charge in [0, 0.05) is 25.8 Å². The highest BCUT2D eigenvalue weighted by Crippen LogP contribution is 2.22. The molecule has 5 heteroatoms. The van der Waals surface area contributed by atoms with Gasteiger partial charge in [0.15, 0.2) is 5.82 Å². The van der Waals surface area contributed by atoms with Crippen molar-refractivity contribution in [3.63, 3.8) is 0 Å². The first-order valence-electron chi connectivity index (χ1n) is 5.80. The quantitative estimate of drug-likeness (QED) is 0.777. The molecule has 0 radical (unpaired) electrons. The number of anilines is 2. The van der Waals surface area contributed by atoms with Crippen molar-refractivity contribution in [1.82, 2.24) is 14.7 Å². The molecule has 1 aromatic rings. The lowest BCUT2D eigenvalue weighted by molar-refractivity contribution is 0.206. The molecule has 5 nitrogen and oxygen atoms in total. The van der Waals surface area contributed by atoms with Crippen LogP contribution in [0.4, 0.5) is 11.5 Å². The topological polar surface area (TPSA) is 59.1 Å². The zero-order chi connectivity index (χ0) is 11.7. The summed E-state index contributed by atoms with van der Waals surface area (Å²) >= 11 is 0. The maximum absolute atomic E-state index is 5.88. The van der Waals surface area contributed by atoms with Gasteiger partial charge < -0.3 is 16.0 Å². The van der Waals surface area contributed by atoms with Crippen LogP contribution >= 0.6 is 0 Å². The molecule has 1 fully saturated rings. The van der Waals surface area contributed by atoms with Crippen molar-refractivity contribution in [1.29, 1.82) is 0 Å². The number of nitrogens with one attached hydrogen (secondary N) is 1. The van der Waals surface area contributed by atoms with E-state index in [9.17, 15) is 0 Å². The first kappa shape index (κ1) is 11.3. The Bertz CT molecular complexity index is 359. The zero-order valence-electron chi connectivity index (χ0n) is 10.3. The summed E-state index contributed by atoms with van der Waals surface area (Å²) in [6.45, 7) is 4.53. The maximum atomic E-state index is 5.88. The fourth-order valence-electron chi connectivity index (χ4n) is 2.36. The number of rotatable bonds is 2. The molecule has 0 aromatic carbocycles. The van der Waals surface area contributed by atoms with Crippen molar-refractivity contribution in [3.05, 3.63) is 6.20 Å². The molecule has 2 heterocycles. The van der Waals surface area contributed by atoms with E-state index in [-0.39, 0.29) is 0 Å². The highest BCUT2D eigenvalue weighted by atomic mass is 15.3. The van der Waals surface area contributed by atoms with Gasteiger partial charge in [-0.25, -0.2) is 0 Å². The minimum absolute atomic E-state index is 0.480. The van der Waals surface area contributed by atoms with Crippen LogP contribution in [0.2, 0.25) is 0 Å². The standard InChI is InChI=1S/C11H21N5/c1-8-6-15(2)5-4-10(8)13-11-9(12)7-16(3)14-11/h7-8,10H,4-6,12H2,1-3H3,(H,13,14). The van der Waals surface area contributed by atoms with E-state index in [1.807, 2.05) is 13.2 Å². The Morgan fingerprint density at radius 1 is 1.50 bits per heavy atom. The molecule has 2 atom stereocenters. The molecule has 0 spiro atoms. The zero-order valence-corrected chi connectivity index (χ0v) is 10.3. The number of aryl methyl sites for hydroxylation is 1. The first-order chi connectivity index (χ1) is 7.56. The molecule has 2 rings (SSSR count). The number of piperidine rings is 1. The van der Waals surface area contributed by atoms with E-state index >= 15 is 0 Å². The van der Waals surface area contributed by atoms with Gasteiger partial charge in [0.25, 0.3) is 0 Å². The van der Waals surface area contributed by atoms with Crippen LogP contribution in [0.5, 0.6) is 0 Å². The lowest BCUT2D eigenvalue weighted by Gasteiger charge is -2.35. The summed E-state index contributed by atoms with van der Waals surface area (Å²) in [5.74, 6) is 1.45. The van der Waals surface area contributed by atoms with E-state index < -0.39 is 0 Å². The Morgan fingerprint density at radius 2 is 2.25 bits per heavy atom. The first-order valence-corrected chi connectivity index (χ1v) is 5.80. The predicted molar refractivity (Wildman–Crippen MR) is 66.3 cm³/mol. The summed E-state index contributed by atoms with van der Waals surface area (Å²) in [5.41, 5.74) is 6.61. The molecular formula is C11H21N5. The third-order valence-corrected chi connectivity index (χ3v) is 3.29. The molecular weight excluding hydrogens is 202 g/mol. The van der Waals surface area contributed by atoms with E-state index in [4.69, 9.17) is 5.73 Å². The van der Waals surface area contributed by atoms with Gasteiger partial charge >= 0.3 is 0 Å². The van der Waals surface area contributed by atoms with E-state index in [2.05, 4.69) is 29.3 Å². The third kappa shape index (κ3) is 2.29. The maximum Gasteiger partial charge on any atom is 0.171 e. The summed E-state index contributed by atoms with van der Waals surface area (Å²) in [5, 5.41) is 7.78. The third-order valence-electron chi connectivity index (χ3n) is 3.29. The Morgan fingerprint density at radius 3 is 2.81 bits per heavy atom. The lowest BCUT2D eigenvalue weighted by Crippen LogP contribution is -2.43. The summed E-state index contributed by atoms with van der Waals surface area (Å²) in [7, 11) is 4.06. The normalized spacial score (nSPS) is 26.9. The number of nitrogens with zero attached hydrogens (tertiary/aromatic N) is 3. The van der Waals surface area contributed by atoms with Crippen LogP contribution < -0.4 is 11.1 Å².